The molecule has 0 fully saturated rings. The van der Waals surface area contributed by atoms with E-state index in [-0.39, 0.29) is 11.9 Å². The van der Waals surface area contributed by atoms with E-state index in [1.165, 1.54) is 5.56 Å². The first kappa shape index (κ1) is 16.5. The molecule has 1 N–H and O–H groups in total. The molecule has 0 radical (unpaired) electrons. The molecule has 130 valence electrons. The quantitative estimate of drug-likeness (QED) is 0.897. The smallest absolute Gasteiger partial charge is 0.157 e. The molecule has 3 nitrogen and oxygen atoms in total. The van der Waals surface area contributed by atoms with E-state index < -0.39 is 0 Å². The number of halogens is 1. The van der Waals surface area contributed by atoms with Gasteiger partial charge in [-0.1, -0.05) is 36.0 Å². The number of nitrogens with one attached hydrogen (secondary N) is 1. The molecule has 0 spiro atoms. The summed E-state index contributed by atoms with van der Waals surface area (Å²) in [4.78, 5) is 4.52. The van der Waals surface area contributed by atoms with Gasteiger partial charge in [-0.15, -0.1) is 0 Å². The Labute approximate surface area is 151 Å². The van der Waals surface area contributed by atoms with Gasteiger partial charge < -0.3 is 10.1 Å². The lowest BCUT2D eigenvalue weighted by Crippen LogP contribution is -2.27. The first-order valence-corrected chi connectivity index (χ1v) is 9.62. The molecule has 2 aromatic carbocycles. The Hall–Kier alpha value is -2.01. The Balaban J connectivity index is 1.68. The van der Waals surface area contributed by atoms with E-state index in [0.717, 1.165) is 52.9 Å². The van der Waals surface area contributed by atoms with Crippen LogP contribution < -0.4 is 10.1 Å². The van der Waals surface area contributed by atoms with E-state index in [9.17, 15) is 4.39 Å². The molecule has 5 heteroatoms. The topological polar surface area (TPSA) is 33.6 Å². The van der Waals surface area contributed by atoms with Crippen LogP contribution in [0.15, 0.2) is 41.4 Å². The third kappa shape index (κ3) is 3.66. The van der Waals surface area contributed by atoms with Crippen molar-refractivity contribution in [1.82, 2.24) is 5.32 Å². The second-order valence-electron chi connectivity index (χ2n) is 6.51. The highest BCUT2D eigenvalue weighted by molar-refractivity contribution is 8.14. The van der Waals surface area contributed by atoms with Gasteiger partial charge in [0.2, 0.25) is 0 Å². The van der Waals surface area contributed by atoms with Crippen LogP contribution >= 0.6 is 11.8 Å². The van der Waals surface area contributed by atoms with Crippen LogP contribution in [0.25, 0.3) is 0 Å². The van der Waals surface area contributed by atoms with E-state index >= 15 is 0 Å². The molecule has 2 aliphatic rings. The Kier molecular flexibility index (Phi) is 4.66. The van der Waals surface area contributed by atoms with Crippen molar-refractivity contribution in [2.75, 3.05) is 18.9 Å². The molecule has 0 bridgehead atoms. The van der Waals surface area contributed by atoms with Crippen LogP contribution in [0.4, 0.5) is 4.39 Å². The molecule has 0 aliphatic carbocycles. The fraction of sp³-hybridized carbons (Fsp3) is 0.350. The molecule has 2 aliphatic heterocycles. The minimum absolute atomic E-state index is 0.0126. The maximum Gasteiger partial charge on any atom is 0.157 e. The van der Waals surface area contributed by atoms with Gasteiger partial charge in [0.1, 0.15) is 11.6 Å². The van der Waals surface area contributed by atoms with Crippen molar-refractivity contribution in [2.24, 2.45) is 4.99 Å². The highest BCUT2D eigenvalue weighted by Crippen LogP contribution is 2.35. The zero-order valence-electron chi connectivity index (χ0n) is 14.2. The van der Waals surface area contributed by atoms with Crippen molar-refractivity contribution in [3.8, 4) is 5.75 Å². The number of amidine groups is 1. The molecule has 2 heterocycles. The molecule has 0 amide bonds. The summed E-state index contributed by atoms with van der Waals surface area (Å²) < 4.78 is 19.7. The number of aliphatic imine (C=N–C) groups is 1. The van der Waals surface area contributed by atoms with Crippen molar-refractivity contribution < 1.29 is 9.13 Å². The standard InChI is InChI=1S/C20H21FN2OS/c1-13-9-14(11-16(21)10-13)12-18(23-20-22-6-8-25-20)17-4-2-3-15-5-7-24-19(15)17/h2-4,9-11,18H,5-8,12H2,1H3,(H,22,23). The van der Waals surface area contributed by atoms with Gasteiger partial charge in [0.05, 0.1) is 19.2 Å². The zero-order valence-corrected chi connectivity index (χ0v) is 15.0. The van der Waals surface area contributed by atoms with Crippen LogP contribution in [0.2, 0.25) is 0 Å². The van der Waals surface area contributed by atoms with Gasteiger partial charge in [0.25, 0.3) is 0 Å². The summed E-state index contributed by atoms with van der Waals surface area (Å²) in [5.41, 5.74) is 4.30. The molecule has 1 unspecified atom stereocenters. The molecule has 4 rings (SSSR count). The Morgan fingerprint density at radius 2 is 2.24 bits per heavy atom. The number of nitrogens with zero attached hydrogens (tertiary/aromatic N) is 1. The second kappa shape index (κ2) is 7.08. The first-order chi connectivity index (χ1) is 12.2. The van der Waals surface area contributed by atoms with Crippen LogP contribution in [-0.4, -0.2) is 24.1 Å². The lowest BCUT2D eigenvalue weighted by molar-refractivity contribution is 0.350. The maximum atomic E-state index is 13.8. The SMILES string of the molecule is Cc1cc(F)cc(CC(NC2=NCCS2)c2cccc3c2OCC3)c1. The monoisotopic (exact) mass is 356 g/mol. The summed E-state index contributed by atoms with van der Waals surface area (Å²) in [6.07, 6.45) is 1.64. The summed E-state index contributed by atoms with van der Waals surface area (Å²) in [6, 6.07) is 11.6. The molecule has 25 heavy (non-hydrogen) atoms. The number of aryl methyl sites for hydroxylation is 1. The van der Waals surface area contributed by atoms with Gasteiger partial charge in [-0.25, -0.2) is 4.39 Å². The van der Waals surface area contributed by atoms with Crippen molar-refractivity contribution in [3.05, 3.63) is 64.5 Å². The lowest BCUT2D eigenvalue weighted by atomic mass is 9.95. The van der Waals surface area contributed by atoms with E-state index in [1.807, 2.05) is 13.0 Å². The summed E-state index contributed by atoms with van der Waals surface area (Å²) in [6.45, 7) is 3.51. The number of para-hydroxylation sites is 1. The molecule has 0 aromatic heterocycles. The van der Waals surface area contributed by atoms with Crippen LogP contribution in [0.1, 0.15) is 28.3 Å². The average molecular weight is 356 g/mol. The van der Waals surface area contributed by atoms with Crippen molar-refractivity contribution in [1.29, 1.82) is 0 Å². The normalized spacial score (nSPS) is 17.0. The molecular weight excluding hydrogens is 335 g/mol. The molecular formula is C20H21FN2OS. The highest BCUT2D eigenvalue weighted by Gasteiger charge is 2.24. The van der Waals surface area contributed by atoms with Gasteiger partial charge in [-0.3, -0.25) is 4.99 Å². The largest absolute Gasteiger partial charge is 0.493 e. The number of benzene rings is 2. The fourth-order valence-corrected chi connectivity index (χ4v) is 4.27. The molecule has 0 saturated heterocycles. The van der Waals surface area contributed by atoms with Crippen LogP contribution in [-0.2, 0) is 12.8 Å². The zero-order chi connectivity index (χ0) is 17.2. The minimum Gasteiger partial charge on any atom is -0.493 e. The molecule has 0 saturated carbocycles. The Bertz CT molecular complexity index is 801. The van der Waals surface area contributed by atoms with Gasteiger partial charge in [0, 0.05) is 17.7 Å². The van der Waals surface area contributed by atoms with E-state index in [1.54, 1.807) is 23.9 Å². The van der Waals surface area contributed by atoms with Gasteiger partial charge in [0.15, 0.2) is 5.17 Å². The van der Waals surface area contributed by atoms with Crippen molar-refractivity contribution in [2.45, 2.75) is 25.8 Å². The van der Waals surface area contributed by atoms with E-state index in [4.69, 9.17) is 4.74 Å². The number of hydrogen-bond donors (Lipinski definition) is 1. The second-order valence-corrected chi connectivity index (χ2v) is 7.59. The Morgan fingerprint density at radius 3 is 3.04 bits per heavy atom. The number of rotatable bonds is 4. The average Bonchev–Trinajstić information content (AvgIpc) is 3.24. The molecule has 2 aromatic rings. The summed E-state index contributed by atoms with van der Waals surface area (Å²) in [5, 5.41) is 4.53. The highest BCUT2D eigenvalue weighted by atomic mass is 32.2. The van der Waals surface area contributed by atoms with Gasteiger partial charge in [-0.05, 0) is 42.2 Å². The van der Waals surface area contributed by atoms with E-state index in [2.05, 4.69) is 28.5 Å². The third-order valence-electron chi connectivity index (χ3n) is 4.55. The van der Waals surface area contributed by atoms with Gasteiger partial charge in [-0.2, -0.15) is 0 Å². The van der Waals surface area contributed by atoms with Crippen LogP contribution in [0, 0.1) is 12.7 Å². The number of thioether (sulfide) groups is 1. The Morgan fingerprint density at radius 1 is 1.32 bits per heavy atom. The first-order valence-electron chi connectivity index (χ1n) is 8.63. The summed E-state index contributed by atoms with van der Waals surface area (Å²) in [5.74, 6) is 1.81. The van der Waals surface area contributed by atoms with Crippen LogP contribution in [0.5, 0.6) is 5.75 Å². The lowest BCUT2D eigenvalue weighted by Gasteiger charge is -2.22. The summed E-state index contributed by atoms with van der Waals surface area (Å²) in [7, 11) is 0. The maximum absolute atomic E-state index is 13.8. The van der Waals surface area contributed by atoms with E-state index in [0.29, 0.717) is 6.42 Å². The predicted octanol–water partition coefficient (Wildman–Crippen LogP) is 4.05. The van der Waals surface area contributed by atoms with Crippen molar-refractivity contribution in [3.63, 3.8) is 0 Å². The number of hydrogen-bond acceptors (Lipinski definition) is 4. The fourth-order valence-electron chi connectivity index (χ4n) is 3.49. The predicted molar refractivity (Wildman–Crippen MR) is 101 cm³/mol. The van der Waals surface area contributed by atoms with Crippen molar-refractivity contribution >= 4 is 16.9 Å². The third-order valence-corrected chi connectivity index (χ3v) is 5.45. The summed E-state index contributed by atoms with van der Waals surface area (Å²) >= 11 is 1.74. The molecule has 1 atom stereocenters. The number of fused-ring (bicyclic) bond motifs is 1. The van der Waals surface area contributed by atoms with Gasteiger partial charge >= 0.3 is 0 Å². The van der Waals surface area contributed by atoms with Crippen LogP contribution in [0.3, 0.4) is 0 Å². The minimum atomic E-state index is -0.184. The number of ether oxygens (including phenoxy) is 1.